The van der Waals surface area contributed by atoms with Crippen LogP contribution in [0.2, 0.25) is 0 Å². The van der Waals surface area contributed by atoms with Gasteiger partial charge in [0.25, 0.3) is 11.8 Å². The third-order valence-corrected chi connectivity index (χ3v) is 4.88. The third-order valence-electron chi connectivity index (χ3n) is 4.88. The van der Waals surface area contributed by atoms with E-state index in [4.69, 9.17) is 5.73 Å². The van der Waals surface area contributed by atoms with Gasteiger partial charge < -0.3 is 21.4 Å². The maximum absolute atomic E-state index is 14.0. The van der Waals surface area contributed by atoms with Crippen molar-refractivity contribution in [2.24, 2.45) is 5.73 Å². The fourth-order valence-electron chi connectivity index (χ4n) is 3.10. The van der Waals surface area contributed by atoms with Crippen molar-refractivity contribution in [3.8, 4) is 11.4 Å². The molecule has 0 aliphatic carbocycles. The number of nitrogens with one attached hydrogen (secondary N) is 3. The predicted molar refractivity (Wildman–Crippen MR) is 119 cm³/mol. The van der Waals surface area contributed by atoms with E-state index >= 15 is 0 Å². The first kappa shape index (κ1) is 25.2. The van der Waals surface area contributed by atoms with Gasteiger partial charge in [0.2, 0.25) is 0 Å². The van der Waals surface area contributed by atoms with Crippen LogP contribution in [0.4, 0.5) is 33.6 Å². The number of aromatic nitrogens is 5. The lowest BCUT2D eigenvalue weighted by molar-refractivity contribution is -0.137. The predicted octanol–water partition coefficient (Wildman–Crippen LogP) is 3.52. The van der Waals surface area contributed by atoms with Crippen LogP contribution in [0.15, 0.2) is 49.1 Å². The van der Waals surface area contributed by atoms with Gasteiger partial charge in [0.15, 0.2) is 11.6 Å². The number of aromatic amines is 1. The molecular weight excluding hydrogens is 503 g/mol. The molecule has 0 bridgehead atoms. The summed E-state index contributed by atoms with van der Waals surface area (Å²) in [5.74, 6) is -4.04. The van der Waals surface area contributed by atoms with Crippen LogP contribution in [0.1, 0.15) is 32.1 Å². The van der Waals surface area contributed by atoms with Crippen molar-refractivity contribution >= 4 is 23.5 Å². The zero-order valence-electron chi connectivity index (χ0n) is 18.4. The summed E-state index contributed by atoms with van der Waals surface area (Å²) in [6, 6.07) is 4.78. The standard InChI is InChI=1S/C22H15F5N8O2/c23-13-2-1-10(14(24)4-13)7-30-16-5-15(21(37)35-20-17(18(28)36)31-9-32-20)33-19(34-16)11-3-12(8-29-6-11)22(25,26)27/h1-6,8-9H,7H2,(H2,28,36)(H,31,32)(H,35,37)(H,30,33,34). The highest BCUT2D eigenvalue weighted by Gasteiger charge is 2.31. The van der Waals surface area contributed by atoms with Gasteiger partial charge in [0.1, 0.15) is 28.8 Å². The Morgan fingerprint density at radius 1 is 1.05 bits per heavy atom. The molecular formula is C22H15F5N8O2. The summed E-state index contributed by atoms with van der Waals surface area (Å²) in [6.07, 6.45) is -1.92. The molecule has 37 heavy (non-hydrogen) atoms. The van der Waals surface area contributed by atoms with Crippen LogP contribution < -0.4 is 16.4 Å². The van der Waals surface area contributed by atoms with Gasteiger partial charge in [-0.3, -0.25) is 14.6 Å². The fourth-order valence-corrected chi connectivity index (χ4v) is 3.10. The number of carbonyl (C=O) groups is 2. The van der Waals surface area contributed by atoms with Crippen LogP contribution in [-0.4, -0.2) is 36.7 Å². The number of H-pyrrole nitrogens is 1. The van der Waals surface area contributed by atoms with Crippen molar-refractivity contribution in [1.82, 2.24) is 24.9 Å². The maximum Gasteiger partial charge on any atom is 0.417 e. The first-order chi connectivity index (χ1) is 17.5. The smallest absolute Gasteiger partial charge is 0.366 e. The number of pyridine rings is 1. The van der Waals surface area contributed by atoms with Crippen LogP contribution in [0.25, 0.3) is 11.4 Å². The van der Waals surface area contributed by atoms with Crippen molar-refractivity contribution in [1.29, 1.82) is 0 Å². The van der Waals surface area contributed by atoms with E-state index in [0.717, 1.165) is 30.7 Å². The summed E-state index contributed by atoms with van der Waals surface area (Å²) in [6.45, 7) is -0.213. The topological polar surface area (TPSA) is 152 Å². The molecule has 0 atom stereocenters. The van der Waals surface area contributed by atoms with E-state index in [-0.39, 0.29) is 46.5 Å². The summed E-state index contributed by atoms with van der Waals surface area (Å²) < 4.78 is 66.8. The number of imidazole rings is 1. The molecule has 3 heterocycles. The Morgan fingerprint density at radius 2 is 1.84 bits per heavy atom. The Bertz CT molecular complexity index is 1490. The molecule has 190 valence electrons. The summed E-state index contributed by atoms with van der Waals surface area (Å²) in [4.78, 5) is 42.3. The quantitative estimate of drug-likeness (QED) is 0.273. The third kappa shape index (κ3) is 5.83. The lowest BCUT2D eigenvalue weighted by Crippen LogP contribution is -2.20. The van der Waals surface area contributed by atoms with Gasteiger partial charge in [0, 0.05) is 42.2 Å². The number of alkyl halides is 3. The zero-order valence-corrected chi connectivity index (χ0v) is 18.4. The van der Waals surface area contributed by atoms with E-state index < -0.39 is 35.2 Å². The van der Waals surface area contributed by atoms with E-state index in [1.54, 1.807) is 0 Å². The molecule has 4 rings (SSSR count). The highest BCUT2D eigenvalue weighted by Crippen LogP contribution is 2.31. The Hall–Kier alpha value is -4.95. The number of rotatable bonds is 7. The molecule has 0 spiro atoms. The Balaban J connectivity index is 1.71. The number of nitrogens with two attached hydrogens (primary N) is 1. The molecule has 0 fully saturated rings. The molecule has 3 aromatic heterocycles. The molecule has 0 radical (unpaired) electrons. The number of anilines is 2. The van der Waals surface area contributed by atoms with E-state index in [1.807, 2.05) is 0 Å². The summed E-state index contributed by atoms with van der Waals surface area (Å²) in [7, 11) is 0. The molecule has 1 aromatic carbocycles. The lowest BCUT2D eigenvalue weighted by Gasteiger charge is -2.12. The molecule has 0 saturated heterocycles. The van der Waals surface area contributed by atoms with Crippen LogP contribution >= 0.6 is 0 Å². The van der Waals surface area contributed by atoms with Gasteiger partial charge in [0.05, 0.1) is 11.9 Å². The zero-order chi connectivity index (χ0) is 26.7. The van der Waals surface area contributed by atoms with Crippen LogP contribution in [-0.2, 0) is 12.7 Å². The molecule has 10 nitrogen and oxygen atoms in total. The Morgan fingerprint density at radius 3 is 2.54 bits per heavy atom. The number of benzene rings is 1. The number of hydrogen-bond acceptors (Lipinski definition) is 7. The Labute approximate surface area is 204 Å². The van der Waals surface area contributed by atoms with Crippen molar-refractivity contribution in [3.05, 3.63) is 83.2 Å². The lowest BCUT2D eigenvalue weighted by atomic mass is 10.2. The van der Waals surface area contributed by atoms with Gasteiger partial charge >= 0.3 is 6.18 Å². The number of hydrogen-bond donors (Lipinski definition) is 4. The number of amides is 2. The van der Waals surface area contributed by atoms with Gasteiger partial charge in [-0.1, -0.05) is 6.07 Å². The molecule has 0 aliphatic heterocycles. The average molecular weight is 518 g/mol. The number of nitrogens with zero attached hydrogens (tertiary/aromatic N) is 4. The molecule has 0 aliphatic rings. The molecule has 15 heteroatoms. The molecule has 0 unspecified atom stereocenters. The summed E-state index contributed by atoms with van der Waals surface area (Å²) >= 11 is 0. The maximum atomic E-state index is 14.0. The number of halogens is 5. The molecule has 0 saturated carbocycles. The second-order valence-electron chi connectivity index (χ2n) is 7.46. The SMILES string of the molecule is NC(=O)c1[nH]cnc1NC(=O)c1cc(NCc2ccc(F)cc2F)nc(-c2cncc(C(F)(F)F)c2)n1. The molecule has 5 N–H and O–H groups in total. The Kier molecular flexibility index (Phi) is 6.77. The highest BCUT2D eigenvalue weighted by molar-refractivity contribution is 6.06. The highest BCUT2D eigenvalue weighted by atomic mass is 19.4. The first-order valence-electron chi connectivity index (χ1n) is 10.3. The van der Waals surface area contributed by atoms with Crippen molar-refractivity contribution in [3.63, 3.8) is 0 Å². The van der Waals surface area contributed by atoms with Gasteiger partial charge in [-0.25, -0.2) is 23.7 Å². The second kappa shape index (κ2) is 9.96. The van der Waals surface area contributed by atoms with Crippen molar-refractivity contribution in [2.75, 3.05) is 10.6 Å². The minimum Gasteiger partial charge on any atom is -0.366 e. The number of carbonyl (C=O) groups excluding carboxylic acids is 2. The van der Waals surface area contributed by atoms with E-state index in [9.17, 15) is 31.5 Å². The summed E-state index contributed by atoms with van der Waals surface area (Å²) in [5.41, 5.74) is 3.48. The molecule has 2 amide bonds. The largest absolute Gasteiger partial charge is 0.417 e. The molecule has 4 aromatic rings. The van der Waals surface area contributed by atoms with Gasteiger partial charge in [-0.05, 0) is 12.1 Å². The minimum absolute atomic E-state index is 0.0518. The van der Waals surface area contributed by atoms with Crippen LogP contribution in [0.5, 0.6) is 0 Å². The summed E-state index contributed by atoms with van der Waals surface area (Å²) in [5, 5.41) is 5.05. The normalized spacial score (nSPS) is 11.3. The van der Waals surface area contributed by atoms with Crippen molar-refractivity contribution < 1.29 is 31.5 Å². The minimum atomic E-state index is -4.70. The van der Waals surface area contributed by atoms with Gasteiger partial charge in [-0.2, -0.15) is 13.2 Å². The monoisotopic (exact) mass is 518 g/mol. The first-order valence-corrected chi connectivity index (χ1v) is 10.3. The van der Waals surface area contributed by atoms with Crippen LogP contribution in [0.3, 0.4) is 0 Å². The average Bonchev–Trinajstić information content (AvgIpc) is 3.31. The second-order valence-corrected chi connectivity index (χ2v) is 7.46. The van der Waals surface area contributed by atoms with Crippen molar-refractivity contribution in [2.45, 2.75) is 12.7 Å². The van der Waals surface area contributed by atoms with E-state index in [2.05, 4.69) is 35.6 Å². The van der Waals surface area contributed by atoms with E-state index in [1.165, 1.54) is 6.07 Å². The fraction of sp³-hybridized carbons (Fsp3) is 0.0909. The van der Waals surface area contributed by atoms with E-state index in [0.29, 0.717) is 12.3 Å². The van der Waals surface area contributed by atoms with Crippen LogP contribution in [0, 0.1) is 11.6 Å². The van der Waals surface area contributed by atoms with Gasteiger partial charge in [-0.15, -0.1) is 0 Å². The number of primary amides is 1.